The van der Waals surface area contributed by atoms with E-state index in [9.17, 15) is 9.59 Å². The maximum absolute atomic E-state index is 12.7. The van der Waals surface area contributed by atoms with Crippen LogP contribution in [0.2, 0.25) is 0 Å². The summed E-state index contributed by atoms with van der Waals surface area (Å²) in [5.41, 5.74) is 0.501. The molecule has 1 aromatic carbocycles. The summed E-state index contributed by atoms with van der Waals surface area (Å²) < 4.78 is 10.5. The van der Waals surface area contributed by atoms with Gasteiger partial charge in [-0.15, -0.1) is 6.58 Å². The summed E-state index contributed by atoms with van der Waals surface area (Å²) in [5, 5.41) is 3.48. The molecule has 0 saturated carbocycles. The number of allylic oxidation sites excluding steroid dienone is 1. The van der Waals surface area contributed by atoms with Crippen LogP contribution in [0.15, 0.2) is 43.0 Å². The van der Waals surface area contributed by atoms with Crippen molar-refractivity contribution < 1.29 is 19.1 Å². The molecule has 0 radical (unpaired) electrons. The van der Waals surface area contributed by atoms with Crippen LogP contribution in [-0.2, 0) is 20.8 Å². The van der Waals surface area contributed by atoms with E-state index in [4.69, 9.17) is 9.47 Å². The van der Waals surface area contributed by atoms with Gasteiger partial charge in [-0.25, -0.2) is 9.59 Å². The molecule has 27 heavy (non-hydrogen) atoms. The van der Waals surface area contributed by atoms with Gasteiger partial charge in [-0.1, -0.05) is 36.4 Å². The Labute approximate surface area is 161 Å². The quantitative estimate of drug-likeness (QED) is 0.612. The number of hydrogen-bond donors (Lipinski definition) is 1. The predicted molar refractivity (Wildman–Crippen MR) is 104 cm³/mol. The Morgan fingerprint density at radius 3 is 2.52 bits per heavy atom. The van der Waals surface area contributed by atoms with Crippen molar-refractivity contribution in [3.8, 4) is 0 Å². The molecule has 148 valence electrons. The number of likely N-dealkylation sites (tertiary alicyclic amines) is 1. The van der Waals surface area contributed by atoms with E-state index in [0.29, 0.717) is 19.5 Å². The van der Waals surface area contributed by atoms with Gasteiger partial charge in [0.1, 0.15) is 11.6 Å². The lowest BCUT2D eigenvalue weighted by atomic mass is 9.92. The van der Waals surface area contributed by atoms with E-state index < -0.39 is 23.7 Å². The number of ether oxygens (including phenoxy) is 2. The average molecular weight is 374 g/mol. The molecule has 1 aliphatic rings. The number of rotatable bonds is 6. The molecule has 1 fully saturated rings. The minimum absolute atomic E-state index is 0.0696. The van der Waals surface area contributed by atoms with Gasteiger partial charge in [0.25, 0.3) is 0 Å². The summed E-state index contributed by atoms with van der Waals surface area (Å²) in [6, 6.07) is 9.24. The van der Waals surface area contributed by atoms with E-state index in [1.165, 1.54) is 12.0 Å². The topological polar surface area (TPSA) is 67.9 Å². The fourth-order valence-corrected chi connectivity index (χ4v) is 3.39. The molecule has 6 heteroatoms. The van der Waals surface area contributed by atoms with Gasteiger partial charge in [-0.2, -0.15) is 0 Å². The third kappa shape index (κ3) is 5.57. The van der Waals surface area contributed by atoms with Crippen LogP contribution in [0.5, 0.6) is 0 Å². The first-order valence-corrected chi connectivity index (χ1v) is 9.22. The summed E-state index contributed by atoms with van der Waals surface area (Å²) in [6.45, 7) is 10.3. The van der Waals surface area contributed by atoms with Crippen LogP contribution in [0.3, 0.4) is 0 Å². The van der Waals surface area contributed by atoms with Crippen molar-refractivity contribution in [2.75, 3.05) is 13.7 Å². The largest absolute Gasteiger partial charge is 0.467 e. The van der Waals surface area contributed by atoms with Crippen LogP contribution in [-0.4, -0.2) is 48.3 Å². The van der Waals surface area contributed by atoms with E-state index in [2.05, 4.69) is 11.9 Å². The van der Waals surface area contributed by atoms with E-state index in [1.54, 1.807) is 26.8 Å². The third-order valence-corrected chi connectivity index (χ3v) is 4.57. The number of esters is 1. The van der Waals surface area contributed by atoms with Crippen molar-refractivity contribution >= 4 is 12.1 Å². The molecule has 6 nitrogen and oxygen atoms in total. The molecular formula is C21H30N2O4. The van der Waals surface area contributed by atoms with Crippen molar-refractivity contribution in [1.82, 2.24) is 10.2 Å². The fourth-order valence-electron chi connectivity index (χ4n) is 3.39. The Morgan fingerprint density at radius 2 is 1.96 bits per heavy atom. The van der Waals surface area contributed by atoms with Crippen molar-refractivity contribution in [2.24, 2.45) is 5.92 Å². The summed E-state index contributed by atoms with van der Waals surface area (Å²) in [6.07, 6.45) is 1.86. The van der Waals surface area contributed by atoms with Gasteiger partial charge in [0, 0.05) is 25.0 Å². The first-order valence-electron chi connectivity index (χ1n) is 9.22. The molecule has 1 aromatic rings. The van der Waals surface area contributed by atoms with E-state index >= 15 is 0 Å². The Bertz CT molecular complexity index is 654. The molecule has 0 spiro atoms. The summed E-state index contributed by atoms with van der Waals surface area (Å²) in [7, 11) is 1.34. The van der Waals surface area contributed by atoms with Crippen molar-refractivity contribution in [1.29, 1.82) is 0 Å². The molecule has 3 atom stereocenters. The zero-order valence-corrected chi connectivity index (χ0v) is 16.6. The van der Waals surface area contributed by atoms with Gasteiger partial charge >= 0.3 is 12.1 Å². The monoisotopic (exact) mass is 374 g/mol. The Morgan fingerprint density at radius 1 is 1.30 bits per heavy atom. The van der Waals surface area contributed by atoms with Crippen LogP contribution in [0, 0.1) is 5.92 Å². The first-order chi connectivity index (χ1) is 12.8. The summed E-state index contributed by atoms with van der Waals surface area (Å²) in [4.78, 5) is 26.6. The second kappa shape index (κ2) is 9.04. The normalized spacial score (nSPS) is 22.4. The smallest absolute Gasteiger partial charge is 0.411 e. The maximum Gasteiger partial charge on any atom is 0.411 e. The number of carbonyl (C=O) groups is 2. The Kier molecular flexibility index (Phi) is 7.02. The van der Waals surface area contributed by atoms with Crippen molar-refractivity contribution in [3.63, 3.8) is 0 Å². The van der Waals surface area contributed by atoms with Gasteiger partial charge in [0.05, 0.1) is 7.11 Å². The molecule has 1 saturated heterocycles. The van der Waals surface area contributed by atoms with Crippen LogP contribution in [0.4, 0.5) is 4.79 Å². The van der Waals surface area contributed by atoms with Crippen LogP contribution in [0.25, 0.3) is 0 Å². The highest BCUT2D eigenvalue weighted by molar-refractivity contribution is 5.83. The van der Waals surface area contributed by atoms with Crippen LogP contribution >= 0.6 is 0 Å². The minimum atomic E-state index is -0.698. The van der Waals surface area contributed by atoms with Crippen molar-refractivity contribution in [3.05, 3.63) is 48.6 Å². The average Bonchev–Trinajstić information content (AvgIpc) is 2.98. The van der Waals surface area contributed by atoms with Gasteiger partial charge in [0.2, 0.25) is 0 Å². The van der Waals surface area contributed by atoms with Gasteiger partial charge in [-0.3, -0.25) is 4.90 Å². The predicted octanol–water partition coefficient (Wildman–Crippen LogP) is 3.13. The van der Waals surface area contributed by atoms with E-state index in [1.807, 2.05) is 30.3 Å². The lowest BCUT2D eigenvalue weighted by molar-refractivity contribution is -0.147. The highest BCUT2D eigenvalue weighted by atomic mass is 16.6. The van der Waals surface area contributed by atoms with E-state index in [0.717, 1.165) is 5.56 Å². The number of benzene rings is 1. The molecule has 1 aliphatic heterocycles. The highest BCUT2D eigenvalue weighted by Crippen LogP contribution is 2.31. The van der Waals surface area contributed by atoms with Crippen molar-refractivity contribution in [2.45, 2.75) is 51.4 Å². The standard InChI is InChI=1S/C21H30N2O4/c1-6-10-16-17(22-13-15-11-8-7-9-12-15)14-23(18(16)19(24)26-5)20(25)27-21(2,3)4/h6-9,11-12,16-18,22H,1,10,13-14H2,2-5H3/t16?,17-,18-/m0/s1. The highest BCUT2D eigenvalue weighted by Gasteiger charge is 2.48. The van der Waals surface area contributed by atoms with Gasteiger partial charge < -0.3 is 14.8 Å². The number of amides is 1. The van der Waals surface area contributed by atoms with Crippen LogP contribution < -0.4 is 5.32 Å². The first kappa shape index (κ1) is 21.0. The molecule has 2 rings (SSSR count). The molecular weight excluding hydrogens is 344 g/mol. The molecule has 0 aromatic heterocycles. The number of nitrogens with one attached hydrogen (secondary N) is 1. The maximum atomic E-state index is 12.7. The molecule has 1 unspecified atom stereocenters. The number of nitrogens with zero attached hydrogens (tertiary/aromatic N) is 1. The van der Waals surface area contributed by atoms with Gasteiger partial charge in [-0.05, 0) is 32.8 Å². The zero-order chi connectivity index (χ0) is 20.0. The number of methoxy groups -OCH3 is 1. The van der Waals surface area contributed by atoms with Crippen LogP contribution in [0.1, 0.15) is 32.8 Å². The minimum Gasteiger partial charge on any atom is -0.467 e. The molecule has 1 N–H and O–H groups in total. The number of carbonyl (C=O) groups excluding carboxylic acids is 2. The number of hydrogen-bond acceptors (Lipinski definition) is 5. The summed E-state index contributed by atoms with van der Waals surface area (Å²) in [5.74, 6) is -0.567. The zero-order valence-electron chi connectivity index (χ0n) is 16.6. The third-order valence-electron chi connectivity index (χ3n) is 4.57. The second-order valence-corrected chi connectivity index (χ2v) is 7.76. The lowest BCUT2D eigenvalue weighted by Crippen LogP contribution is -2.46. The lowest BCUT2D eigenvalue weighted by Gasteiger charge is -2.28. The Balaban J connectivity index is 2.21. The SMILES string of the molecule is C=CCC1[C@@H](NCc2ccccc2)CN(C(=O)OC(C)(C)C)[C@@H]1C(=O)OC. The Hall–Kier alpha value is -2.34. The van der Waals surface area contributed by atoms with Gasteiger partial charge in [0.15, 0.2) is 0 Å². The second-order valence-electron chi connectivity index (χ2n) is 7.76. The molecule has 1 heterocycles. The molecule has 1 amide bonds. The van der Waals surface area contributed by atoms with E-state index in [-0.39, 0.29) is 12.0 Å². The molecule has 0 aliphatic carbocycles. The molecule has 0 bridgehead atoms. The fraction of sp³-hybridized carbons (Fsp3) is 0.524. The summed E-state index contributed by atoms with van der Waals surface area (Å²) >= 11 is 0.